The molecule has 0 radical (unpaired) electrons. The van der Waals surface area contributed by atoms with Crippen LogP contribution in [0.1, 0.15) is 25.8 Å². The zero-order chi connectivity index (χ0) is 17.3. The summed E-state index contributed by atoms with van der Waals surface area (Å²) in [6.45, 7) is 4.77. The van der Waals surface area contributed by atoms with Crippen molar-refractivity contribution in [3.05, 3.63) is 42.0 Å². The first-order valence-corrected chi connectivity index (χ1v) is 9.73. The number of rotatable bonds is 10. The van der Waals surface area contributed by atoms with Gasteiger partial charge in [-0.1, -0.05) is 49.4 Å². The smallest absolute Gasteiger partial charge is 0.376 e. The molecule has 1 aromatic rings. The van der Waals surface area contributed by atoms with E-state index < -0.39 is 8.80 Å². The fourth-order valence-electron chi connectivity index (χ4n) is 2.80. The van der Waals surface area contributed by atoms with Crippen molar-refractivity contribution < 1.29 is 13.3 Å². The van der Waals surface area contributed by atoms with Crippen LogP contribution in [0.5, 0.6) is 0 Å². The molecule has 1 aromatic carbocycles. The monoisotopic (exact) mass is 338 g/mol. The zero-order valence-electron chi connectivity index (χ0n) is 14.9. The molecule has 6 heteroatoms. The third-order valence-corrected chi connectivity index (χ3v) is 7.26. The zero-order valence-corrected chi connectivity index (χ0v) is 15.9. The lowest BCUT2D eigenvalue weighted by Gasteiger charge is -2.40. The molecule has 0 aliphatic heterocycles. The fraction of sp³-hybridized carbons (Fsp3) is 0.529. The molecule has 0 saturated carbocycles. The minimum absolute atomic E-state index is 0.00271. The number of hydrogen-bond donors (Lipinski definition) is 1. The second-order valence-electron chi connectivity index (χ2n) is 5.39. The molecule has 23 heavy (non-hydrogen) atoms. The largest absolute Gasteiger partial charge is 0.518 e. The third-order valence-electron chi connectivity index (χ3n) is 4.00. The van der Waals surface area contributed by atoms with Gasteiger partial charge in [0.25, 0.3) is 0 Å². The van der Waals surface area contributed by atoms with Crippen LogP contribution in [0.25, 0.3) is 6.08 Å². The van der Waals surface area contributed by atoms with Crippen molar-refractivity contribution >= 4 is 14.9 Å². The van der Waals surface area contributed by atoms with E-state index in [1.54, 1.807) is 21.3 Å². The van der Waals surface area contributed by atoms with Crippen LogP contribution in [0.2, 0.25) is 0 Å². The first-order chi connectivity index (χ1) is 11.0. The Hall–Kier alpha value is -1.02. The number of nitrogens with two attached hydrogens (primary N) is 1. The van der Waals surface area contributed by atoms with E-state index in [1.807, 2.05) is 25.1 Å². The van der Waals surface area contributed by atoms with Gasteiger partial charge in [-0.3, -0.25) is 4.90 Å². The highest BCUT2D eigenvalue weighted by Gasteiger charge is 2.49. The average Bonchev–Trinajstić information content (AvgIpc) is 2.58. The first kappa shape index (κ1) is 20.0. The molecule has 0 saturated heterocycles. The van der Waals surface area contributed by atoms with E-state index >= 15 is 0 Å². The van der Waals surface area contributed by atoms with E-state index in [1.165, 1.54) is 5.56 Å². The Kier molecular flexibility index (Phi) is 8.68. The molecular formula is C17H30N2O3Si. The van der Waals surface area contributed by atoms with Gasteiger partial charge in [-0.05, 0) is 18.9 Å². The van der Waals surface area contributed by atoms with Crippen molar-refractivity contribution in [2.75, 3.05) is 27.9 Å². The quantitative estimate of drug-likeness (QED) is 0.525. The molecule has 2 unspecified atom stereocenters. The van der Waals surface area contributed by atoms with Crippen LogP contribution in [0.3, 0.4) is 0 Å². The van der Waals surface area contributed by atoms with E-state index in [0.717, 1.165) is 6.42 Å². The van der Waals surface area contributed by atoms with Gasteiger partial charge in [0.15, 0.2) is 0 Å². The van der Waals surface area contributed by atoms with Crippen molar-refractivity contribution in [3.63, 3.8) is 0 Å². The maximum absolute atomic E-state index is 6.20. The van der Waals surface area contributed by atoms with E-state index in [2.05, 4.69) is 36.1 Å². The van der Waals surface area contributed by atoms with Crippen LogP contribution in [0, 0.1) is 0 Å². The Morgan fingerprint density at radius 2 is 1.70 bits per heavy atom. The van der Waals surface area contributed by atoms with Crippen molar-refractivity contribution in [3.8, 4) is 0 Å². The Bertz CT molecular complexity index is 456. The van der Waals surface area contributed by atoms with Crippen LogP contribution >= 0.6 is 0 Å². The minimum atomic E-state index is -2.79. The van der Waals surface area contributed by atoms with Crippen LogP contribution in [0.15, 0.2) is 36.4 Å². The maximum atomic E-state index is 6.20. The van der Waals surface area contributed by atoms with E-state index in [0.29, 0.717) is 6.54 Å². The summed E-state index contributed by atoms with van der Waals surface area (Å²) < 4.78 is 17.0. The Morgan fingerprint density at radius 3 is 2.13 bits per heavy atom. The van der Waals surface area contributed by atoms with Gasteiger partial charge < -0.3 is 19.0 Å². The topological polar surface area (TPSA) is 57.0 Å². The number of benzene rings is 1. The van der Waals surface area contributed by atoms with Crippen molar-refractivity contribution in [2.45, 2.75) is 32.1 Å². The second kappa shape index (κ2) is 9.97. The van der Waals surface area contributed by atoms with Crippen LogP contribution in [0.4, 0.5) is 0 Å². The molecular weight excluding hydrogens is 308 g/mol. The van der Waals surface area contributed by atoms with Gasteiger partial charge in [-0.15, -0.1) is 0 Å². The second-order valence-corrected chi connectivity index (χ2v) is 8.49. The number of nitrogens with zero attached hydrogens (tertiary/aromatic N) is 1. The molecule has 0 spiro atoms. The van der Waals surface area contributed by atoms with E-state index in [9.17, 15) is 0 Å². The highest BCUT2D eigenvalue weighted by Crippen LogP contribution is 2.22. The van der Waals surface area contributed by atoms with Crippen molar-refractivity contribution in [2.24, 2.45) is 5.73 Å². The Labute approximate surface area is 141 Å². The highest BCUT2D eigenvalue weighted by molar-refractivity contribution is 6.62. The summed E-state index contributed by atoms with van der Waals surface area (Å²) >= 11 is 0. The fourth-order valence-corrected chi connectivity index (χ4v) is 5.36. The molecule has 0 aliphatic carbocycles. The molecule has 0 amide bonds. The van der Waals surface area contributed by atoms with Gasteiger partial charge in [0.2, 0.25) is 0 Å². The molecule has 0 aliphatic rings. The highest BCUT2D eigenvalue weighted by atomic mass is 28.4. The molecule has 5 nitrogen and oxygen atoms in total. The van der Waals surface area contributed by atoms with Gasteiger partial charge >= 0.3 is 8.80 Å². The summed E-state index contributed by atoms with van der Waals surface area (Å²) in [7, 11) is 2.13. The van der Waals surface area contributed by atoms with Gasteiger partial charge in [0.1, 0.15) is 0 Å². The summed E-state index contributed by atoms with van der Waals surface area (Å²) in [5.41, 5.74) is 7.37. The first-order valence-electron chi connectivity index (χ1n) is 7.93. The summed E-state index contributed by atoms with van der Waals surface area (Å²) in [4.78, 5) is 2.17. The lowest BCUT2D eigenvalue weighted by molar-refractivity contribution is 0.0643. The molecule has 2 N–H and O–H groups in total. The van der Waals surface area contributed by atoms with Crippen molar-refractivity contribution in [1.29, 1.82) is 0 Å². The molecule has 1 rings (SSSR count). The molecule has 0 bridgehead atoms. The standard InChI is InChI=1S/C17H30N2O3Si/c1-6-17(23(20-3,21-4)22-5)19(15(2)18)14-10-13-16-11-8-7-9-12-16/h7-13,15,17H,6,14,18H2,1-5H3. The number of hydrogen-bond acceptors (Lipinski definition) is 5. The Balaban J connectivity index is 2.92. The van der Waals surface area contributed by atoms with E-state index in [-0.39, 0.29) is 11.8 Å². The summed E-state index contributed by atoms with van der Waals surface area (Å²) in [6, 6.07) is 10.2. The van der Waals surface area contributed by atoms with Crippen LogP contribution < -0.4 is 5.73 Å². The summed E-state index contributed by atoms with van der Waals surface area (Å²) in [5, 5.41) is 0. The predicted octanol–water partition coefficient (Wildman–Crippen LogP) is 2.50. The average molecular weight is 339 g/mol. The third kappa shape index (κ3) is 5.24. The normalized spacial score (nSPS) is 15.3. The predicted molar refractivity (Wildman–Crippen MR) is 96.7 cm³/mol. The van der Waals surface area contributed by atoms with E-state index in [4.69, 9.17) is 19.0 Å². The molecule has 0 aromatic heterocycles. The van der Waals surface area contributed by atoms with Gasteiger partial charge in [-0.25, -0.2) is 0 Å². The van der Waals surface area contributed by atoms with Gasteiger partial charge in [-0.2, -0.15) is 0 Å². The molecule has 2 atom stereocenters. The van der Waals surface area contributed by atoms with Gasteiger partial charge in [0, 0.05) is 27.9 Å². The summed E-state index contributed by atoms with van der Waals surface area (Å²) in [6.07, 6.45) is 4.91. The summed E-state index contributed by atoms with van der Waals surface area (Å²) in [5.74, 6) is 0. The van der Waals surface area contributed by atoms with Crippen molar-refractivity contribution in [1.82, 2.24) is 4.90 Å². The lowest BCUT2D eigenvalue weighted by Crippen LogP contribution is -2.64. The molecule has 0 heterocycles. The van der Waals surface area contributed by atoms with Crippen LogP contribution in [-0.4, -0.2) is 53.4 Å². The van der Waals surface area contributed by atoms with Crippen LogP contribution in [-0.2, 0) is 13.3 Å². The van der Waals surface area contributed by atoms with Gasteiger partial charge in [0.05, 0.1) is 11.8 Å². The molecule has 0 fully saturated rings. The lowest BCUT2D eigenvalue weighted by atomic mass is 10.2. The minimum Gasteiger partial charge on any atom is -0.376 e. The Morgan fingerprint density at radius 1 is 1.13 bits per heavy atom. The molecule has 130 valence electrons. The maximum Gasteiger partial charge on any atom is 0.518 e. The SMILES string of the molecule is CCC(N(CC=Cc1ccccc1)C(C)N)[Si](OC)(OC)OC.